The molecule has 37 heavy (non-hydrogen) atoms. The fourth-order valence-corrected chi connectivity index (χ4v) is 5.09. The van der Waals surface area contributed by atoms with E-state index in [1.54, 1.807) is 0 Å². The Labute approximate surface area is 217 Å². The van der Waals surface area contributed by atoms with Gasteiger partial charge in [-0.05, 0) is 87.6 Å². The first kappa shape index (κ1) is 23.4. The summed E-state index contributed by atoms with van der Waals surface area (Å²) in [6, 6.07) is 23.3. The monoisotopic (exact) mass is 491 g/mol. The second-order valence-electron chi connectivity index (χ2n) is 9.75. The molecule has 0 spiro atoms. The fraction of sp³-hybridized carbons (Fsp3) is 0.300. The van der Waals surface area contributed by atoms with Gasteiger partial charge in [0.25, 0.3) is 0 Å². The summed E-state index contributed by atoms with van der Waals surface area (Å²) in [4.78, 5) is 7.29. The molecule has 1 aliphatic rings. The van der Waals surface area contributed by atoms with Crippen LogP contribution < -0.4 is 5.32 Å². The third-order valence-corrected chi connectivity index (χ3v) is 7.18. The fourth-order valence-electron chi connectivity index (χ4n) is 5.09. The molecule has 1 aliphatic heterocycles. The van der Waals surface area contributed by atoms with E-state index >= 15 is 0 Å². The molecular formula is C30H33N7. The molecule has 0 bridgehead atoms. The lowest BCUT2D eigenvalue weighted by Gasteiger charge is -2.14. The smallest absolute Gasteiger partial charge is 0.247 e. The van der Waals surface area contributed by atoms with E-state index in [0.29, 0.717) is 5.95 Å². The lowest BCUT2D eigenvalue weighted by Crippen LogP contribution is -2.20. The van der Waals surface area contributed by atoms with Crippen LogP contribution in [0.25, 0.3) is 28.0 Å². The minimum absolute atomic E-state index is 0.595. The maximum Gasteiger partial charge on any atom is 0.247 e. The summed E-state index contributed by atoms with van der Waals surface area (Å²) in [5, 5.41) is 12.5. The largest absolute Gasteiger partial charge is 0.323 e. The molecule has 0 radical (unpaired) electrons. The average Bonchev–Trinajstić information content (AvgIpc) is 3.70. The standard InChI is InChI=1S/C30H33N7/c1-2-36-22-26(21-31-36)24-12-14-25(15-13-24)28-8-5-9-29-33-30(34-37(28)29)32-27-16-10-23(11-17-27)7-6-20-35-18-3-4-19-35/h5,8-17,21-22H,2-4,6-7,18-20H2,1H3,(H,32,34). The number of aryl methyl sites for hydroxylation is 2. The zero-order valence-corrected chi connectivity index (χ0v) is 21.3. The van der Waals surface area contributed by atoms with Crippen LogP contribution in [0.3, 0.4) is 0 Å². The number of hydrogen-bond acceptors (Lipinski definition) is 5. The Hall–Kier alpha value is -3.97. The van der Waals surface area contributed by atoms with Crippen LogP contribution in [0.1, 0.15) is 31.7 Å². The van der Waals surface area contributed by atoms with Gasteiger partial charge in [-0.1, -0.05) is 42.5 Å². The maximum absolute atomic E-state index is 4.77. The van der Waals surface area contributed by atoms with Gasteiger partial charge in [0.2, 0.25) is 5.95 Å². The lowest BCUT2D eigenvalue weighted by atomic mass is 10.1. The molecule has 4 heterocycles. The summed E-state index contributed by atoms with van der Waals surface area (Å²) in [7, 11) is 0. The van der Waals surface area contributed by atoms with Gasteiger partial charge in [0.05, 0.1) is 11.9 Å². The summed E-state index contributed by atoms with van der Waals surface area (Å²) in [5.41, 5.74) is 7.55. The van der Waals surface area contributed by atoms with Crippen LogP contribution in [0.5, 0.6) is 0 Å². The Kier molecular flexibility index (Phi) is 6.69. The summed E-state index contributed by atoms with van der Waals surface area (Å²) in [6.45, 7) is 6.71. The Balaban J connectivity index is 1.14. The summed E-state index contributed by atoms with van der Waals surface area (Å²) < 4.78 is 3.84. The van der Waals surface area contributed by atoms with Crippen molar-refractivity contribution in [3.8, 4) is 22.4 Å². The highest BCUT2D eigenvalue weighted by Crippen LogP contribution is 2.26. The predicted octanol–water partition coefficient (Wildman–Crippen LogP) is 6.05. The molecule has 1 N–H and O–H groups in total. The zero-order chi connectivity index (χ0) is 25.0. The first-order valence-corrected chi connectivity index (χ1v) is 13.3. The minimum Gasteiger partial charge on any atom is -0.323 e. The van der Waals surface area contributed by atoms with Crippen LogP contribution in [0.4, 0.5) is 11.6 Å². The van der Waals surface area contributed by atoms with Crippen molar-refractivity contribution < 1.29 is 0 Å². The SMILES string of the molecule is CCn1cc(-c2ccc(-c3cccc4nc(Nc5ccc(CCCN6CCCC6)cc5)nn34)cc2)cn1. The molecule has 5 aromatic rings. The van der Waals surface area contributed by atoms with Crippen molar-refractivity contribution >= 4 is 17.3 Å². The average molecular weight is 492 g/mol. The van der Waals surface area contributed by atoms with Gasteiger partial charge in [-0.25, -0.2) is 4.52 Å². The Morgan fingerprint density at radius 2 is 1.65 bits per heavy atom. The van der Waals surface area contributed by atoms with Crippen LogP contribution in [0, 0.1) is 0 Å². The predicted molar refractivity (Wildman–Crippen MR) is 149 cm³/mol. The summed E-state index contributed by atoms with van der Waals surface area (Å²) in [5.74, 6) is 0.595. The topological polar surface area (TPSA) is 63.3 Å². The van der Waals surface area contributed by atoms with E-state index in [9.17, 15) is 0 Å². The normalized spacial score (nSPS) is 14.0. The number of likely N-dealkylation sites (tertiary alicyclic amines) is 1. The highest BCUT2D eigenvalue weighted by atomic mass is 15.4. The molecule has 0 amide bonds. The van der Waals surface area contributed by atoms with Crippen molar-refractivity contribution in [1.29, 1.82) is 0 Å². The Morgan fingerprint density at radius 1 is 0.865 bits per heavy atom. The van der Waals surface area contributed by atoms with Gasteiger partial charge in [0.1, 0.15) is 0 Å². The molecule has 7 heteroatoms. The molecule has 7 nitrogen and oxygen atoms in total. The number of rotatable bonds is 9. The Bertz CT molecular complexity index is 1460. The molecule has 1 fully saturated rings. The molecule has 3 aromatic heterocycles. The number of anilines is 2. The molecule has 0 unspecified atom stereocenters. The lowest BCUT2D eigenvalue weighted by molar-refractivity contribution is 0.334. The van der Waals surface area contributed by atoms with Gasteiger partial charge < -0.3 is 10.2 Å². The van der Waals surface area contributed by atoms with Crippen molar-refractivity contribution in [1.82, 2.24) is 29.3 Å². The molecule has 0 saturated carbocycles. The molecule has 0 aliphatic carbocycles. The minimum atomic E-state index is 0.595. The van der Waals surface area contributed by atoms with Crippen molar-refractivity contribution in [3.05, 3.63) is 84.7 Å². The summed E-state index contributed by atoms with van der Waals surface area (Å²) in [6.07, 6.45) is 9.04. The molecule has 0 atom stereocenters. The van der Waals surface area contributed by atoms with Crippen LogP contribution >= 0.6 is 0 Å². The number of hydrogen-bond donors (Lipinski definition) is 1. The van der Waals surface area contributed by atoms with Gasteiger partial charge in [-0.15, -0.1) is 5.10 Å². The van der Waals surface area contributed by atoms with E-state index in [2.05, 4.69) is 83.0 Å². The Morgan fingerprint density at radius 3 is 2.41 bits per heavy atom. The number of pyridine rings is 1. The van der Waals surface area contributed by atoms with Gasteiger partial charge in [-0.2, -0.15) is 10.1 Å². The number of nitrogens with one attached hydrogen (secondary N) is 1. The molecular weight excluding hydrogens is 458 g/mol. The van der Waals surface area contributed by atoms with Gasteiger partial charge in [0.15, 0.2) is 5.65 Å². The molecule has 2 aromatic carbocycles. The first-order valence-electron chi connectivity index (χ1n) is 13.3. The highest BCUT2D eigenvalue weighted by Gasteiger charge is 2.12. The number of nitrogens with zero attached hydrogens (tertiary/aromatic N) is 6. The highest BCUT2D eigenvalue weighted by molar-refractivity contribution is 5.70. The van der Waals surface area contributed by atoms with E-state index in [0.717, 1.165) is 46.7 Å². The van der Waals surface area contributed by atoms with Crippen molar-refractivity contribution in [2.75, 3.05) is 25.0 Å². The maximum atomic E-state index is 4.77. The zero-order valence-electron chi connectivity index (χ0n) is 21.3. The van der Waals surface area contributed by atoms with Crippen molar-refractivity contribution in [2.24, 2.45) is 0 Å². The van der Waals surface area contributed by atoms with Gasteiger partial charge in [0, 0.05) is 29.6 Å². The first-order chi connectivity index (χ1) is 18.2. The third-order valence-electron chi connectivity index (χ3n) is 7.18. The summed E-state index contributed by atoms with van der Waals surface area (Å²) >= 11 is 0. The number of fused-ring (bicyclic) bond motifs is 1. The van der Waals surface area contributed by atoms with Gasteiger partial charge in [-0.3, -0.25) is 4.68 Å². The second kappa shape index (κ2) is 10.6. The molecule has 1 saturated heterocycles. The van der Waals surface area contributed by atoms with Crippen LogP contribution in [0.2, 0.25) is 0 Å². The number of aromatic nitrogens is 5. The molecule has 6 rings (SSSR count). The van der Waals surface area contributed by atoms with Crippen LogP contribution in [-0.2, 0) is 13.0 Å². The third kappa shape index (κ3) is 5.27. The van der Waals surface area contributed by atoms with E-state index in [1.165, 1.54) is 44.5 Å². The van der Waals surface area contributed by atoms with E-state index in [-0.39, 0.29) is 0 Å². The van der Waals surface area contributed by atoms with Crippen molar-refractivity contribution in [3.63, 3.8) is 0 Å². The number of benzene rings is 2. The van der Waals surface area contributed by atoms with E-state index in [4.69, 9.17) is 10.1 Å². The second-order valence-corrected chi connectivity index (χ2v) is 9.75. The van der Waals surface area contributed by atoms with Gasteiger partial charge >= 0.3 is 0 Å². The van der Waals surface area contributed by atoms with E-state index in [1.807, 2.05) is 27.5 Å². The quantitative estimate of drug-likeness (QED) is 0.272. The van der Waals surface area contributed by atoms with E-state index < -0.39 is 0 Å². The van der Waals surface area contributed by atoms with Crippen LogP contribution in [0.15, 0.2) is 79.1 Å². The van der Waals surface area contributed by atoms with Crippen LogP contribution in [-0.4, -0.2) is 48.9 Å². The van der Waals surface area contributed by atoms with Crippen molar-refractivity contribution in [2.45, 2.75) is 39.2 Å². The molecule has 188 valence electrons.